The van der Waals surface area contributed by atoms with E-state index in [9.17, 15) is 4.79 Å². The Morgan fingerprint density at radius 1 is 1.20 bits per heavy atom. The van der Waals surface area contributed by atoms with Gasteiger partial charge in [-0.3, -0.25) is 4.90 Å². The molecule has 0 bridgehead atoms. The molecule has 0 spiro atoms. The smallest absolute Gasteiger partial charge is 0.324 e. The van der Waals surface area contributed by atoms with Crippen molar-refractivity contribution in [1.82, 2.24) is 9.80 Å². The van der Waals surface area contributed by atoms with Gasteiger partial charge in [0.15, 0.2) is 0 Å². The second-order valence-corrected chi connectivity index (χ2v) is 5.01. The maximum Gasteiger partial charge on any atom is 0.324 e. The van der Waals surface area contributed by atoms with E-state index in [2.05, 4.69) is 18.7 Å². The minimum absolute atomic E-state index is 0.0649. The van der Waals surface area contributed by atoms with Gasteiger partial charge in [0.05, 0.1) is 11.4 Å². The lowest BCUT2D eigenvalue weighted by molar-refractivity contribution is 0.207. The summed E-state index contributed by atoms with van der Waals surface area (Å²) >= 11 is 0. The van der Waals surface area contributed by atoms with Gasteiger partial charge in [0.1, 0.15) is 0 Å². The Kier molecular flexibility index (Phi) is 4.84. The highest BCUT2D eigenvalue weighted by Crippen LogP contribution is 2.26. The number of nitrogen functional groups attached to an aromatic ring is 1. The van der Waals surface area contributed by atoms with Crippen LogP contribution in [0.2, 0.25) is 0 Å². The second kappa shape index (κ2) is 6.61. The predicted octanol–water partition coefficient (Wildman–Crippen LogP) is 1.85. The predicted molar refractivity (Wildman–Crippen MR) is 83.0 cm³/mol. The van der Waals surface area contributed by atoms with Gasteiger partial charge in [0.2, 0.25) is 0 Å². The van der Waals surface area contributed by atoms with Crippen LogP contribution in [0.4, 0.5) is 16.2 Å². The molecule has 0 aromatic heterocycles. The van der Waals surface area contributed by atoms with E-state index in [0.29, 0.717) is 12.2 Å². The van der Waals surface area contributed by atoms with Gasteiger partial charge in [-0.2, -0.15) is 0 Å². The molecule has 2 amide bonds. The first-order valence-electron chi connectivity index (χ1n) is 7.30. The van der Waals surface area contributed by atoms with Gasteiger partial charge in [0, 0.05) is 26.2 Å². The zero-order valence-electron chi connectivity index (χ0n) is 12.4. The van der Waals surface area contributed by atoms with Crippen LogP contribution in [0.3, 0.4) is 0 Å². The van der Waals surface area contributed by atoms with E-state index in [0.717, 1.165) is 38.4 Å². The molecule has 1 heterocycles. The Balaban J connectivity index is 1.98. The third-order valence-corrected chi connectivity index (χ3v) is 3.90. The van der Waals surface area contributed by atoms with Crippen LogP contribution >= 0.6 is 0 Å². The highest BCUT2D eigenvalue weighted by Gasteiger charge is 2.30. The number of para-hydroxylation sites is 2. The normalized spacial score (nSPS) is 15.4. The molecule has 0 radical (unpaired) electrons. The quantitative estimate of drug-likeness (QED) is 0.807. The topological polar surface area (TPSA) is 52.8 Å². The Morgan fingerprint density at radius 2 is 1.90 bits per heavy atom. The lowest BCUT2D eigenvalue weighted by Crippen LogP contribution is -2.38. The number of anilines is 2. The maximum atomic E-state index is 12.4. The first-order chi connectivity index (χ1) is 9.67. The molecule has 1 fully saturated rings. The summed E-state index contributed by atoms with van der Waals surface area (Å²) in [7, 11) is 0. The summed E-state index contributed by atoms with van der Waals surface area (Å²) in [5.74, 6) is 0. The molecular formula is C15H24N4O. The molecule has 0 unspecified atom stereocenters. The molecular weight excluding hydrogens is 252 g/mol. The molecule has 1 aromatic rings. The summed E-state index contributed by atoms with van der Waals surface area (Å²) in [5, 5.41) is 0. The van der Waals surface area contributed by atoms with Crippen molar-refractivity contribution < 1.29 is 4.79 Å². The molecule has 2 rings (SSSR count). The van der Waals surface area contributed by atoms with Gasteiger partial charge in [-0.05, 0) is 25.2 Å². The lowest BCUT2D eigenvalue weighted by atomic mass is 10.2. The molecule has 0 aliphatic carbocycles. The van der Waals surface area contributed by atoms with Crippen LogP contribution in [-0.2, 0) is 0 Å². The fourth-order valence-corrected chi connectivity index (χ4v) is 2.55. The van der Waals surface area contributed by atoms with E-state index < -0.39 is 0 Å². The summed E-state index contributed by atoms with van der Waals surface area (Å²) in [6.45, 7) is 9.53. The van der Waals surface area contributed by atoms with Crippen LogP contribution < -0.4 is 10.6 Å². The molecule has 1 aliphatic heterocycles. The van der Waals surface area contributed by atoms with Crippen LogP contribution in [0.15, 0.2) is 24.3 Å². The summed E-state index contributed by atoms with van der Waals surface area (Å²) < 4.78 is 0. The summed E-state index contributed by atoms with van der Waals surface area (Å²) in [6, 6.07) is 7.60. The monoisotopic (exact) mass is 276 g/mol. The number of amides is 2. The number of carbonyl (C=O) groups excluding carboxylic acids is 1. The Labute approximate surface area is 120 Å². The molecule has 1 aliphatic rings. The number of nitrogens with zero attached hydrogens (tertiary/aromatic N) is 3. The second-order valence-electron chi connectivity index (χ2n) is 5.01. The SMILES string of the molecule is CCN(CC)CCN1CCN(c2ccccc2N)C1=O. The van der Waals surface area contributed by atoms with Gasteiger partial charge in [-0.1, -0.05) is 26.0 Å². The van der Waals surface area contributed by atoms with E-state index in [4.69, 9.17) is 5.73 Å². The number of benzene rings is 1. The van der Waals surface area contributed by atoms with E-state index in [1.807, 2.05) is 29.2 Å². The van der Waals surface area contributed by atoms with Crippen molar-refractivity contribution in [2.75, 3.05) is 49.9 Å². The summed E-state index contributed by atoms with van der Waals surface area (Å²) in [6.07, 6.45) is 0. The standard InChI is InChI=1S/C15H24N4O/c1-3-17(4-2)9-10-18-11-12-19(15(18)20)14-8-6-5-7-13(14)16/h5-8H,3-4,9-12,16H2,1-2H3. The van der Waals surface area contributed by atoms with Crippen molar-refractivity contribution in [1.29, 1.82) is 0 Å². The van der Waals surface area contributed by atoms with E-state index >= 15 is 0 Å². The van der Waals surface area contributed by atoms with Gasteiger partial charge >= 0.3 is 6.03 Å². The molecule has 0 atom stereocenters. The number of carbonyl (C=O) groups is 1. The molecule has 20 heavy (non-hydrogen) atoms. The van der Waals surface area contributed by atoms with E-state index in [-0.39, 0.29) is 6.03 Å². The largest absolute Gasteiger partial charge is 0.397 e. The molecule has 0 saturated carbocycles. The van der Waals surface area contributed by atoms with Crippen LogP contribution in [-0.4, -0.2) is 55.1 Å². The fourth-order valence-electron chi connectivity index (χ4n) is 2.55. The summed E-state index contributed by atoms with van der Waals surface area (Å²) in [5.41, 5.74) is 7.43. The average Bonchev–Trinajstić information content (AvgIpc) is 2.82. The van der Waals surface area contributed by atoms with Crippen molar-refractivity contribution in [2.45, 2.75) is 13.8 Å². The number of nitrogens with two attached hydrogens (primary N) is 1. The van der Waals surface area contributed by atoms with Crippen molar-refractivity contribution in [3.8, 4) is 0 Å². The number of likely N-dealkylation sites (N-methyl/N-ethyl adjacent to an activating group) is 1. The highest BCUT2D eigenvalue weighted by atomic mass is 16.2. The molecule has 110 valence electrons. The van der Waals surface area contributed by atoms with Crippen LogP contribution in [0.1, 0.15) is 13.8 Å². The number of urea groups is 1. The van der Waals surface area contributed by atoms with Crippen LogP contribution in [0.25, 0.3) is 0 Å². The molecule has 1 aromatic carbocycles. The van der Waals surface area contributed by atoms with E-state index in [1.54, 1.807) is 4.90 Å². The molecule has 5 heteroatoms. The van der Waals surface area contributed by atoms with Gasteiger partial charge in [-0.25, -0.2) is 4.79 Å². The Hall–Kier alpha value is -1.75. The third-order valence-electron chi connectivity index (χ3n) is 3.90. The molecule has 5 nitrogen and oxygen atoms in total. The fraction of sp³-hybridized carbons (Fsp3) is 0.533. The lowest BCUT2D eigenvalue weighted by Gasteiger charge is -2.23. The van der Waals surface area contributed by atoms with Gasteiger partial charge in [-0.15, -0.1) is 0 Å². The maximum absolute atomic E-state index is 12.4. The first-order valence-corrected chi connectivity index (χ1v) is 7.30. The average molecular weight is 276 g/mol. The van der Waals surface area contributed by atoms with E-state index in [1.165, 1.54) is 0 Å². The van der Waals surface area contributed by atoms with Gasteiger partial charge < -0.3 is 15.5 Å². The van der Waals surface area contributed by atoms with Crippen molar-refractivity contribution in [3.63, 3.8) is 0 Å². The van der Waals surface area contributed by atoms with Crippen LogP contribution in [0.5, 0.6) is 0 Å². The van der Waals surface area contributed by atoms with Gasteiger partial charge in [0.25, 0.3) is 0 Å². The number of hydrogen-bond acceptors (Lipinski definition) is 3. The number of hydrogen-bond donors (Lipinski definition) is 1. The Bertz CT molecular complexity index is 459. The molecule has 1 saturated heterocycles. The number of rotatable bonds is 6. The van der Waals surface area contributed by atoms with Crippen molar-refractivity contribution in [2.24, 2.45) is 0 Å². The summed E-state index contributed by atoms with van der Waals surface area (Å²) in [4.78, 5) is 18.4. The van der Waals surface area contributed by atoms with Crippen molar-refractivity contribution >= 4 is 17.4 Å². The van der Waals surface area contributed by atoms with Crippen LogP contribution in [0, 0.1) is 0 Å². The first kappa shape index (κ1) is 14.7. The highest BCUT2D eigenvalue weighted by molar-refractivity contribution is 5.97. The third kappa shape index (κ3) is 3.04. The Morgan fingerprint density at radius 3 is 2.55 bits per heavy atom. The van der Waals surface area contributed by atoms with Crippen molar-refractivity contribution in [3.05, 3.63) is 24.3 Å². The minimum Gasteiger partial charge on any atom is -0.397 e. The minimum atomic E-state index is 0.0649. The molecule has 2 N–H and O–H groups in total. The zero-order chi connectivity index (χ0) is 14.5. The zero-order valence-corrected chi connectivity index (χ0v) is 12.4.